The number of amides is 1. The molecule has 10 nitrogen and oxygen atoms in total. The van der Waals surface area contributed by atoms with Crippen LogP contribution >= 0.6 is 0 Å². The number of carbonyl (C=O) groups is 1. The number of rotatable bonds is 6. The Morgan fingerprint density at radius 2 is 1.76 bits per heavy atom. The first kappa shape index (κ1) is 21.7. The second-order valence-electron chi connectivity index (χ2n) is 7.86. The van der Waals surface area contributed by atoms with Gasteiger partial charge in [-0.3, -0.25) is 14.2 Å². The van der Waals surface area contributed by atoms with Gasteiger partial charge in [0, 0.05) is 24.5 Å². The molecule has 5 rings (SSSR count). The molecule has 0 radical (unpaired) electrons. The molecule has 1 aliphatic rings. The lowest BCUT2D eigenvalue weighted by molar-refractivity contribution is -0.116. The Labute approximate surface area is 195 Å². The van der Waals surface area contributed by atoms with Gasteiger partial charge in [0.15, 0.2) is 5.65 Å². The maximum Gasteiger partial charge on any atom is 0.264 e. The lowest BCUT2D eigenvalue weighted by atomic mass is 10.2. The molecule has 174 valence electrons. The molecule has 1 amide bonds. The third-order valence-corrected chi connectivity index (χ3v) is 5.71. The third-order valence-electron chi connectivity index (χ3n) is 5.71. The minimum absolute atomic E-state index is 0.152. The van der Waals surface area contributed by atoms with Gasteiger partial charge in [0.25, 0.3) is 5.56 Å². The first-order valence-corrected chi connectivity index (χ1v) is 10.9. The predicted molar refractivity (Wildman–Crippen MR) is 128 cm³/mol. The van der Waals surface area contributed by atoms with E-state index in [4.69, 9.17) is 9.47 Å². The van der Waals surface area contributed by atoms with E-state index in [2.05, 4.69) is 20.3 Å². The van der Waals surface area contributed by atoms with Crippen LogP contribution in [0.1, 0.15) is 0 Å². The van der Waals surface area contributed by atoms with Gasteiger partial charge in [-0.25, -0.2) is 9.67 Å². The molecular weight excluding hydrogens is 436 g/mol. The number of fused-ring (bicyclic) bond motifs is 1. The summed E-state index contributed by atoms with van der Waals surface area (Å²) in [6.07, 6.45) is 2.83. The number of hydrogen-bond donors (Lipinski definition) is 1. The van der Waals surface area contributed by atoms with E-state index in [1.54, 1.807) is 11.8 Å². The number of hydrogen-bond acceptors (Lipinski definition) is 7. The molecule has 2 aromatic carbocycles. The molecule has 0 spiro atoms. The van der Waals surface area contributed by atoms with Gasteiger partial charge in [0.05, 0.1) is 32.2 Å². The van der Waals surface area contributed by atoms with Gasteiger partial charge < -0.3 is 19.7 Å². The summed E-state index contributed by atoms with van der Waals surface area (Å²) in [7, 11) is 1.60. The van der Waals surface area contributed by atoms with Gasteiger partial charge >= 0.3 is 0 Å². The number of carbonyl (C=O) groups excluding carboxylic acids is 1. The molecule has 0 atom stereocenters. The summed E-state index contributed by atoms with van der Waals surface area (Å²) in [5.74, 6) is 0.405. The maximum atomic E-state index is 12.9. The van der Waals surface area contributed by atoms with Crippen LogP contribution in [0.3, 0.4) is 0 Å². The zero-order valence-corrected chi connectivity index (χ0v) is 18.7. The highest BCUT2D eigenvalue weighted by Crippen LogP contribution is 2.20. The Bertz CT molecular complexity index is 1360. The average molecular weight is 460 g/mol. The van der Waals surface area contributed by atoms with E-state index in [9.17, 15) is 9.59 Å². The van der Waals surface area contributed by atoms with Gasteiger partial charge in [0.1, 0.15) is 24.0 Å². The van der Waals surface area contributed by atoms with Crippen molar-refractivity contribution in [1.82, 2.24) is 19.3 Å². The second kappa shape index (κ2) is 9.36. The molecule has 1 saturated heterocycles. The van der Waals surface area contributed by atoms with Crippen molar-refractivity contribution >= 4 is 28.3 Å². The van der Waals surface area contributed by atoms with E-state index in [-0.39, 0.29) is 18.0 Å². The monoisotopic (exact) mass is 460 g/mol. The minimum atomic E-state index is -0.331. The molecule has 0 bridgehead atoms. The van der Waals surface area contributed by atoms with Crippen LogP contribution in [-0.2, 0) is 16.1 Å². The topological polar surface area (TPSA) is 104 Å². The van der Waals surface area contributed by atoms with Crippen molar-refractivity contribution in [3.05, 3.63) is 71.4 Å². The summed E-state index contributed by atoms with van der Waals surface area (Å²) in [5.41, 5.74) is 2.59. The Kier molecular flexibility index (Phi) is 5.96. The molecule has 3 heterocycles. The molecule has 0 unspecified atom stereocenters. The van der Waals surface area contributed by atoms with Crippen molar-refractivity contribution in [2.45, 2.75) is 6.54 Å². The van der Waals surface area contributed by atoms with Crippen LogP contribution < -0.4 is 20.5 Å². The first-order valence-electron chi connectivity index (χ1n) is 10.9. The van der Waals surface area contributed by atoms with Crippen LogP contribution in [0.5, 0.6) is 5.75 Å². The summed E-state index contributed by atoms with van der Waals surface area (Å²) >= 11 is 0. The maximum absolute atomic E-state index is 12.9. The predicted octanol–water partition coefficient (Wildman–Crippen LogP) is 2.07. The van der Waals surface area contributed by atoms with Gasteiger partial charge in [0.2, 0.25) is 5.91 Å². The fourth-order valence-electron chi connectivity index (χ4n) is 3.91. The molecule has 1 N–H and O–H groups in total. The van der Waals surface area contributed by atoms with E-state index >= 15 is 0 Å². The van der Waals surface area contributed by atoms with Crippen LogP contribution in [-0.4, -0.2) is 58.7 Å². The van der Waals surface area contributed by atoms with E-state index < -0.39 is 0 Å². The normalized spacial score (nSPS) is 13.7. The Balaban J connectivity index is 1.29. The lowest BCUT2D eigenvalue weighted by Crippen LogP contribution is -2.36. The summed E-state index contributed by atoms with van der Waals surface area (Å²) in [6.45, 7) is 2.97. The molecule has 10 heteroatoms. The molecular formula is C24H24N6O4. The smallest absolute Gasteiger partial charge is 0.264 e. The molecule has 34 heavy (non-hydrogen) atoms. The number of methoxy groups -OCH3 is 1. The summed E-state index contributed by atoms with van der Waals surface area (Å²) in [5, 5.41) is 7.47. The van der Waals surface area contributed by atoms with Crippen LogP contribution in [0.15, 0.2) is 65.8 Å². The summed E-state index contributed by atoms with van der Waals surface area (Å²) in [6, 6.07) is 14.9. The average Bonchev–Trinajstić information content (AvgIpc) is 3.32. The molecule has 1 fully saturated rings. The lowest BCUT2D eigenvalue weighted by Gasteiger charge is -2.28. The van der Waals surface area contributed by atoms with Crippen LogP contribution in [0.4, 0.5) is 11.4 Å². The standard InChI is InChI=1S/C24H24N6O4/c1-33-20-8-6-19(7-9-20)30-23-21(14-26-30)24(32)29(16-25-23)15-22(31)27-17-2-4-18(5-3-17)28-10-12-34-13-11-28/h2-9,14,16H,10-13,15H2,1H3,(H,27,31). The van der Waals surface area contributed by atoms with Gasteiger partial charge in [-0.2, -0.15) is 5.10 Å². The Hall–Kier alpha value is -4.18. The number of aromatic nitrogens is 4. The Morgan fingerprint density at radius 3 is 2.47 bits per heavy atom. The van der Waals surface area contributed by atoms with Crippen LogP contribution in [0.2, 0.25) is 0 Å². The van der Waals surface area contributed by atoms with E-state index in [1.807, 2.05) is 48.5 Å². The van der Waals surface area contributed by atoms with Crippen molar-refractivity contribution in [1.29, 1.82) is 0 Å². The second-order valence-corrected chi connectivity index (χ2v) is 7.86. The Morgan fingerprint density at radius 1 is 1.06 bits per heavy atom. The third kappa shape index (κ3) is 4.35. The van der Waals surface area contributed by atoms with Gasteiger partial charge in [-0.15, -0.1) is 0 Å². The highest BCUT2D eigenvalue weighted by molar-refractivity contribution is 5.91. The van der Waals surface area contributed by atoms with Gasteiger partial charge in [-0.1, -0.05) is 0 Å². The van der Waals surface area contributed by atoms with Crippen LogP contribution in [0, 0.1) is 0 Å². The van der Waals surface area contributed by atoms with E-state index in [0.717, 1.165) is 30.2 Å². The zero-order valence-electron chi connectivity index (χ0n) is 18.7. The molecule has 1 aliphatic heterocycles. The number of ether oxygens (including phenoxy) is 2. The SMILES string of the molecule is COc1ccc(-n2ncc3c(=O)n(CC(=O)Nc4ccc(N5CCOCC5)cc4)cnc32)cc1. The van der Waals surface area contributed by atoms with Crippen molar-refractivity contribution in [2.24, 2.45) is 0 Å². The zero-order chi connectivity index (χ0) is 23.5. The molecule has 2 aromatic heterocycles. The van der Waals surface area contributed by atoms with E-state index in [1.165, 1.54) is 17.1 Å². The van der Waals surface area contributed by atoms with Crippen molar-refractivity contribution in [3.63, 3.8) is 0 Å². The number of benzene rings is 2. The van der Waals surface area contributed by atoms with Crippen molar-refractivity contribution in [2.75, 3.05) is 43.6 Å². The highest BCUT2D eigenvalue weighted by atomic mass is 16.5. The largest absolute Gasteiger partial charge is 0.497 e. The number of morpholine rings is 1. The molecule has 0 saturated carbocycles. The number of nitrogens with zero attached hydrogens (tertiary/aromatic N) is 5. The number of anilines is 2. The summed E-state index contributed by atoms with van der Waals surface area (Å²) < 4.78 is 13.4. The van der Waals surface area contributed by atoms with Crippen molar-refractivity contribution in [3.8, 4) is 11.4 Å². The minimum Gasteiger partial charge on any atom is -0.497 e. The quantitative estimate of drug-likeness (QED) is 0.470. The molecule has 0 aliphatic carbocycles. The fraction of sp³-hybridized carbons (Fsp3) is 0.250. The van der Waals surface area contributed by atoms with Gasteiger partial charge in [-0.05, 0) is 48.5 Å². The number of nitrogens with one attached hydrogen (secondary N) is 1. The van der Waals surface area contributed by atoms with Crippen LogP contribution in [0.25, 0.3) is 16.7 Å². The molecule has 4 aromatic rings. The van der Waals surface area contributed by atoms with Crippen molar-refractivity contribution < 1.29 is 14.3 Å². The fourth-order valence-corrected chi connectivity index (χ4v) is 3.91. The highest BCUT2D eigenvalue weighted by Gasteiger charge is 2.14. The summed E-state index contributed by atoms with van der Waals surface area (Å²) in [4.78, 5) is 32.1. The van der Waals surface area contributed by atoms with E-state index in [0.29, 0.717) is 29.9 Å². The first-order chi connectivity index (χ1) is 16.6.